The molecule has 2 fully saturated rings. The molecule has 0 spiro atoms. The van der Waals surface area contributed by atoms with Crippen molar-refractivity contribution in [1.29, 1.82) is 0 Å². The molecule has 1 amide bonds. The first-order valence-corrected chi connectivity index (χ1v) is 13.6. The lowest BCUT2D eigenvalue weighted by Gasteiger charge is -2.31. The Hall–Kier alpha value is -2.18. The Morgan fingerprint density at radius 1 is 1.22 bits per heavy atom. The molecular weight excluding hydrogens is 460 g/mol. The average molecular weight is 489 g/mol. The SMILES string of the molecule is CCOC(=O)C1CCCN(S(=O)(=O)c2cc(N3C(=O)C(C)CS3(=O)=O)ccc2OCC)C1. The van der Waals surface area contributed by atoms with Crippen molar-refractivity contribution in [3.63, 3.8) is 0 Å². The first-order chi connectivity index (χ1) is 15.0. The number of amides is 1. The molecule has 2 atom stereocenters. The van der Waals surface area contributed by atoms with E-state index < -0.39 is 43.8 Å². The molecule has 1 aromatic rings. The summed E-state index contributed by atoms with van der Waals surface area (Å²) in [7, 11) is -8.05. The predicted molar refractivity (Wildman–Crippen MR) is 116 cm³/mol. The normalized spacial score (nSPS) is 23.8. The number of benzene rings is 1. The maximum absolute atomic E-state index is 13.5. The molecule has 0 radical (unpaired) electrons. The van der Waals surface area contributed by atoms with Gasteiger partial charge < -0.3 is 9.47 Å². The van der Waals surface area contributed by atoms with E-state index in [1.165, 1.54) is 23.4 Å². The molecular formula is C20H28N2O8S2. The molecule has 2 heterocycles. The van der Waals surface area contributed by atoms with Crippen LogP contribution < -0.4 is 9.04 Å². The van der Waals surface area contributed by atoms with E-state index in [4.69, 9.17) is 9.47 Å². The van der Waals surface area contributed by atoms with Crippen LogP contribution >= 0.6 is 0 Å². The number of nitrogens with zero attached hydrogens (tertiary/aromatic N) is 2. The van der Waals surface area contributed by atoms with Crippen LogP contribution in [0.2, 0.25) is 0 Å². The lowest BCUT2D eigenvalue weighted by Crippen LogP contribution is -2.43. The summed E-state index contributed by atoms with van der Waals surface area (Å²) in [5, 5.41) is 0. The van der Waals surface area contributed by atoms with Gasteiger partial charge in [-0.05, 0) is 44.9 Å². The second-order valence-corrected chi connectivity index (χ2v) is 11.6. The molecule has 32 heavy (non-hydrogen) atoms. The fraction of sp³-hybridized carbons (Fsp3) is 0.600. The van der Waals surface area contributed by atoms with E-state index in [-0.39, 0.29) is 48.4 Å². The standard InChI is InChI=1S/C20H28N2O8S2/c1-4-29-17-9-8-16(22-19(23)14(3)13-31(22,25)26)11-18(17)32(27,28)21-10-6-7-15(12-21)20(24)30-5-2/h8-9,11,14-15H,4-7,10,12-13H2,1-3H3. The molecule has 2 aliphatic rings. The molecule has 2 aliphatic heterocycles. The molecule has 12 heteroatoms. The number of rotatable bonds is 7. The molecule has 0 bridgehead atoms. The minimum atomic E-state index is -4.15. The Balaban J connectivity index is 2.02. The smallest absolute Gasteiger partial charge is 0.310 e. The fourth-order valence-electron chi connectivity index (χ4n) is 3.94. The number of anilines is 1. The number of piperidine rings is 1. The summed E-state index contributed by atoms with van der Waals surface area (Å²) in [5.41, 5.74) is -0.0552. The van der Waals surface area contributed by atoms with E-state index in [0.717, 1.165) is 6.07 Å². The summed E-state index contributed by atoms with van der Waals surface area (Å²) >= 11 is 0. The number of esters is 1. The zero-order chi connectivity index (χ0) is 23.7. The molecule has 1 aromatic carbocycles. The molecule has 0 aliphatic carbocycles. The minimum absolute atomic E-state index is 0.0467. The van der Waals surface area contributed by atoms with Gasteiger partial charge in [-0.25, -0.2) is 21.1 Å². The average Bonchev–Trinajstić information content (AvgIpc) is 2.95. The van der Waals surface area contributed by atoms with Crippen LogP contribution in [0, 0.1) is 11.8 Å². The number of sulfonamides is 2. The van der Waals surface area contributed by atoms with Crippen molar-refractivity contribution in [2.45, 2.75) is 38.5 Å². The Kier molecular flexibility index (Phi) is 7.15. The van der Waals surface area contributed by atoms with Crippen LogP contribution in [0.3, 0.4) is 0 Å². The Morgan fingerprint density at radius 2 is 1.94 bits per heavy atom. The van der Waals surface area contributed by atoms with Crippen LogP contribution in [0.5, 0.6) is 5.75 Å². The van der Waals surface area contributed by atoms with E-state index in [0.29, 0.717) is 17.1 Å². The van der Waals surface area contributed by atoms with Gasteiger partial charge in [-0.1, -0.05) is 6.92 Å². The van der Waals surface area contributed by atoms with E-state index in [1.807, 2.05) is 0 Å². The summed E-state index contributed by atoms with van der Waals surface area (Å²) < 4.78 is 64.4. The topological polar surface area (TPSA) is 127 Å². The van der Waals surface area contributed by atoms with Crippen molar-refractivity contribution in [3.8, 4) is 5.75 Å². The second-order valence-electron chi connectivity index (χ2n) is 7.80. The predicted octanol–water partition coefficient (Wildman–Crippen LogP) is 1.36. The minimum Gasteiger partial charge on any atom is -0.492 e. The first-order valence-electron chi connectivity index (χ1n) is 10.5. The lowest BCUT2D eigenvalue weighted by atomic mass is 10.0. The summed E-state index contributed by atoms with van der Waals surface area (Å²) in [6, 6.07) is 3.86. The lowest BCUT2D eigenvalue weighted by molar-refractivity contribution is -0.149. The third-order valence-corrected chi connectivity index (χ3v) is 9.20. The van der Waals surface area contributed by atoms with Crippen molar-refractivity contribution in [2.24, 2.45) is 11.8 Å². The Morgan fingerprint density at radius 3 is 2.53 bits per heavy atom. The number of carbonyl (C=O) groups excluding carboxylic acids is 2. The highest BCUT2D eigenvalue weighted by atomic mass is 32.2. The number of carbonyl (C=O) groups is 2. The van der Waals surface area contributed by atoms with E-state index >= 15 is 0 Å². The van der Waals surface area contributed by atoms with Gasteiger partial charge in [0.15, 0.2) is 0 Å². The van der Waals surface area contributed by atoms with Gasteiger partial charge in [0.25, 0.3) is 0 Å². The molecule has 0 N–H and O–H groups in total. The Bertz CT molecular complexity index is 1100. The van der Waals surface area contributed by atoms with Crippen LogP contribution in [0.4, 0.5) is 5.69 Å². The van der Waals surface area contributed by atoms with Crippen molar-refractivity contribution in [1.82, 2.24) is 4.31 Å². The molecule has 0 saturated carbocycles. The third kappa shape index (κ3) is 4.62. The largest absolute Gasteiger partial charge is 0.492 e. The quantitative estimate of drug-likeness (QED) is 0.527. The van der Waals surface area contributed by atoms with Crippen molar-refractivity contribution < 1.29 is 35.9 Å². The van der Waals surface area contributed by atoms with Crippen LogP contribution in [0.1, 0.15) is 33.6 Å². The monoisotopic (exact) mass is 488 g/mol. The van der Waals surface area contributed by atoms with Gasteiger partial charge in [-0.3, -0.25) is 9.59 Å². The molecule has 2 saturated heterocycles. The zero-order valence-corrected chi connectivity index (χ0v) is 19.9. The van der Waals surface area contributed by atoms with Gasteiger partial charge in [-0.15, -0.1) is 0 Å². The molecule has 3 rings (SSSR count). The van der Waals surface area contributed by atoms with Crippen LogP contribution in [-0.4, -0.2) is 65.1 Å². The number of hydrogen-bond acceptors (Lipinski definition) is 8. The zero-order valence-electron chi connectivity index (χ0n) is 18.3. The van der Waals surface area contributed by atoms with Crippen LogP contribution in [-0.2, 0) is 34.4 Å². The first kappa shape index (κ1) is 24.5. The maximum Gasteiger partial charge on any atom is 0.310 e. The third-order valence-electron chi connectivity index (χ3n) is 5.44. The summed E-state index contributed by atoms with van der Waals surface area (Å²) in [4.78, 5) is 24.4. The summed E-state index contributed by atoms with van der Waals surface area (Å²) in [6.07, 6.45) is 0.991. The van der Waals surface area contributed by atoms with Gasteiger partial charge in [0.05, 0.1) is 36.5 Å². The van der Waals surface area contributed by atoms with E-state index in [1.54, 1.807) is 13.8 Å². The summed E-state index contributed by atoms with van der Waals surface area (Å²) in [6.45, 7) is 5.43. The van der Waals surface area contributed by atoms with Gasteiger partial charge in [0.2, 0.25) is 26.0 Å². The molecule has 2 unspecified atom stereocenters. The van der Waals surface area contributed by atoms with Gasteiger partial charge in [0.1, 0.15) is 10.6 Å². The second kappa shape index (κ2) is 9.36. The molecule has 10 nitrogen and oxygen atoms in total. The maximum atomic E-state index is 13.5. The number of hydrogen-bond donors (Lipinski definition) is 0. The molecule has 178 valence electrons. The van der Waals surface area contributed by atoms with E-state index in [2.05, 4.69) is 0 Å². The van der Waals surface area contributed by atoms with Gasteiger partial charge >= 0.3 is 5.97 Å². The number of ether oxygens (including phenoxy) is 2. The van der Waals surface area contributed by atoms with Crippen LogP contribution in [0.25, 0.3) is 0 Å². The van der Waals surface area contributed by atoms with E-state index in [9.17, 15) is 26.4 Å². The molecule has 0 aromatic heterocycles. The van der Waals surface area contributed by atoms with Gasteiger partial charge in [-0.2, -0.15) is 4.31 Å². The van der Waals surface area contributed by atoms with Crippen molar-refractivity contribution in [2.75, 3.05) is 36.4 Å². The highest BCUT2D eigenvalue weighted by Gasteiger charge is 2.43. The Labute approximate surface area is 188 Å². The summed E-state index contributed by atoms with van der Waals surface area (Å²) in [5.74, 6) is -2.66. The highest BCUT2D eigenvalue weighted by molar-refractivity contribution is 7.94. The van der Waals surface area contributed by atoms with Gasteiger partial charge in [0, 0.05) is 13.1 Å². The van der Waals surface area contributed by atoms with Crippen LogP contribution in [0.15, 0.2) is 23.1 Å². The van der Waals surface area contributed by atoms with Crippen molar-refractivity contribution >= 4 is 37.6 Å². The fourth-order valence-corrected chi connectivity index (χ4v) is 7.43. The van der Waals surface area contributed by atoms with Crippen molar-refractivity contribution in [3.05, 3.63) is 18.2 Å². The highest BCUT2D eigenvalue weighted by Crippen LogP contribution is 2.36.